The Hall–Kier alpha value is -2.09. The van der Waals surface area contributed by atoms with Crippen molar-refractivity contribution in [3.8, 4) is 0 Å². The van der Waals surface area contributed by atoms with Gasteiger partial charge in [0.1, 0.15) is 4.90 Å². The lowest BCUT2D eigenvalue weighted by atomic mass is 10.3. The van der Waals surface area contributed by atoms with E-state index >= 15 is 0 Å². The van der Waals surface area contributed by atoms with Gasteiger partial charge in [-0.1, -0.05) is 0 Å². The Morgan fingerprint density at radius 3 is 2.52 bits per heavy atom. The first-order chi connectivity index (χ1) is 9.76. The highest BCUT2D eigenvalue weighted by molar-refractivity contribution is 7.92. The molecule has 0 radical (unpaired) electrons. The average molecular weight is 310 g/mol. The van der Waals surface area contributed by atoms with E-state index in [2.05, 4.69) is 14.8 Å². The number of sulfonamides is 1. The van der Waals surface area contributed by atoms with Crippen molar-refractivity contribution in [2.24, 2.45) is 0 Å². The van der Waals surface area contributed by atoms with Crippen molar-refractivity contribution in [2.45, 2.75) is 39.1 Å². The Bertz CT molecular complexity index is 834. The van der Waals surface area contributed by atoms with Crippen molar-refractivity contribution in [1.29, 1.82) is 0 Å². The Labute approximate surface area is 123 Å². The number of pyridine rings is 1. The summed E-state index contributed by atoms with van der Waals surface area (Å²) < 4.78 is 29.2. The van der Waals surface area contributed by atoms with E-state index in [0.717, 1.165) is 0 Å². The molecule has 114 valence electrons. The summed E-state index contributed by atoms with van der Waals surface area (Å²) in [6, 6.07) is 1.34. The zero-order valence-corrected chi connectivity index (χ0v) is 13.2. The van der Waals surface area contributed by atoms with Gasteiger partial charge in [-0.3, -0.25) is 14.2 Å². The van der Waals surface area contributed by atoms with E-state index in [1.807, 2.05) is 6.92 Å². The third kappa shape index (κ3) is 2.85. The van der Waals surface area contributed by atoms with Crippen LogP contribution in [0.3, 0.4) is 0 Å². The van der Waals surface area contributed by atoms with Gasteiger partial charge in [-0.05, 0) is 33.3 Å². The van der Waals surface area contributed by atoms with Crippen molar-refractivity contribution >= 4 is 15.7 Å². The first kappa shape index (κ1) is 15.3. The second kappa shape index (κ2) is 5.36. The Morgan fingerprint density at radius 2 is 2.00 bits per heavy atom. The molecule has 0 spiro atoms. The van der Waals surface area contributed by atoms with Crippen LogP contribution in [0.4, 0.5) is 5.69 Å². The number of H-pyrrole nitrogens is 1. The third-order valence-electron chi connectivity index (χ3n) is 3.26. The van der Waals surface area contributed by atoms with Gasteiger partial charge in [0.05, 0.1) is 17.1 Å². The molecule has 0 aliphatic heterocycles. The van der Waals surface area contributed by atoms with E-state index in [4.69, 9.17) is 0 Å². The van der Waals surface area contributed by atoms with Crippen molar-refractivity contribution in [3.63, 3.8) is 0 Å². The van der Waals surface area contributed by atoms with E-state index in [1.54, 1.807) is 25.5 Å². The van der Waals surface area contributed by atoms with E-state index < -0.39 is 10.0 Å². The number of rotatable bonds is 4. The maximum Gasteiger partial charge on any atom is 0.265 e. The number of nitrogens with one attached hydrogen (secondary N) is 2. The highest BCUT2D eigenvalue weighted by Crippen LogP contribution is 2.23. The molecular formula is C13H18N4O3S. The summed E-state index contributed by atoms with van der Waals surface area (Å²) in [7, 11) is -3.75. The smallest absolute Gasteiger partial charge is 0.265 e. The van der Waals surface area contributed by atoms with Gasteiger partial charge >= 0.3 is 0 Å². The predicted molar refractivity (Wildman–Crippen MR) is 80.0 cm³/mol. The van der Waals surface area contributed by atoms with E-state index in [9.17, 15) is 13.2 Å². The molecule has 2 N–H and O–H groups in total. The largest absolute Gasteiger partial charge is 0.327 e. The zero-order chi connectivity index (χ0) is 15.8. The molecule has 0 saturated carbocycles. The molecule has 0 atom stereocenters. The van der Waals surface area contributed by atoms with Gasteiger partial charge in [0, 0.05) is 18.8 Å². The minimum Gasteiger partial charge on any atom is -0.327 e. The molecule has 0 bridgehead atoms. The predicted octanol–water partition coefficient (Wildman–Crippen LogP) is 1.32. The van der Waals surface area contributed by atoms with Gasteiger partial charge in [-0.2, -0.15) is 5.10 Å². The molecule has 21 heavy (non-hydrogen) atoms. The van der Waals surface area contributed by atoms with Gasteiger partial charge in [0.15, 0.2) is 0 Å². The van der Waals surface area contributed by atoms with Crippen molar-refractivity contribution in [1.82, 2.24) is 14.8 Å². The number of nitrogens with zero attached hydrogens (tertiary/aromatic N) is 2. The molecule has 2 heterocycles. The molecule has 7 nitrogen and oxygen atoms in total. The number of aromatic amines is 1. The SMILES string of the molecule is CCn1nc(C)c(S(=O)(=O)Nc2c[nH]c(=O)cc2C)c1C. The summed E-state index contributed by atoms with van der Waals surface area (Å²) in [4.78, 5) is 13.8. The average Bonchev–Trinajstić information content (AvgIpc) is 2.68. The number of aromatic nitrogens is 3. The minimum absolute atomic E-state index is 0.176. The van der Waals surface area contributed by atoms with Crippen molar-refractivity contribution in [3.05, 3.63) is 39.6 Å². The lowest BCUT2D eigenvalue weighted by molar-refractivity contribution is 0.598. The van der Waals surface area contributed by atoms with Gasteiger partial charge in [0.25, 0.3) is 10.0 Å². The molecule has 2 rings (SSSR count). The second-order valence-electron chi connectivity index (χ2n) is 4.82. The normalized spacial score (nSPS) is 11.6. The Kier molecular flexibility index (Phi) is 3.91. The molecule has 0 amide bonds. The number of anilines is 1. The molecular weight excluding hydrogens is 292 g/mol. The summed E-state index contributed by atoms with van der Waals surface area (Å²) >= 11 is 0. The highest BCUT2D eigenvalue weighted by atomic mass is 32.2. The quantitative estimate of drug-likeness (QED) is 0.890. The molecule has 0 aliphatic carbocycles. The lowest BCUT2D eigenvalue weighted by Crippen LogP contribution is -2.17. The number of aryl methyl sites for hydroxylation is 3. The molecule has 0 saturated heterocycles. The van der Waals surface area contributed by atoms with Gasteiger partial charge in [-0.25, -0.2) is 8.42 Å². The maximum atomic E-state index is 12.6. The number of hydrogen-bond acceptors (Lipinski definition) is 4. The number of hydrogen-bond donors (Lipinski definition) is 2. The third-order valence-corrected chi connectivity index (χ3v) is 4.88. The Morgan fingerprint density at radius 1 is 1.33 bits per heavy atom. The first-order valence-electron chi connectivity index (χ1n) is 6.52. The van der Waals surface area contributed by atoms with Crippen LogP contribution in [0, 0.1) is 20.8 Å². The van der Waals surface area contributed by atoms with E-state index in [1.165, 1.54) is 12.3 Å². The summed E-state index contributed by atoms with van der Waals surface area (Å²) in [5.74, 6) is 0. The van der Waals surface area contributed by atoms with Gasteiger partial charge in [-0.15, -0.1) is 0 Å². The fourth-order valence-electron chi connectivity index (χ4n) is 2.26. The van der Waals surface area contributed by atoms with Crippen LogP contribution in [0.25, 0.3) is 0 Å². The van der Waals surface area contributed by atoms with Crippen LogP contribution in [0.1, 0.15) is 23.9 Å². The molecule has 0 aliphatic rings. The van der Waals surface area contributed by atoms with Crippen LogP contribution in [0.15, 0.2) is 22.0 Å². The van der Waals surface area contributed by atoms with Crippen molar-refractivity contribution in [2.75, 3.05) is 4.72 Å². The van der Waals surface area contributed by atoms with Gasteiger partial charge in [0.2, 0.25) is 5.56 Å². The van der Waals surface area contributed by atoms with Crippen LogP contribution < -0.4 is 10.3 Å². The molecule has 2 aromatic rings. The molecule has 8 heteroatoms. The highest BCUT2D eigenvalue weighted by Gasteiger charge is 2.24. The topological polar surface area (TPSA) is 96.8 Å². The summed E-state index contributed by atoms with van der Waals surface area (Å²) in [5.41, 5.74) is 1.66. The van der Waals surface area contributed by atoms with E-state index in [0.29, 0.717) is 29.2 Å². The second-order valence-corrected chi connectivity index (χ2v) is 6.43. The van der Waals surface area contributed by atoms with Crippen LogP contribution >= 0.6 is 0 Å². The zero-order valence-electron chi connectivity index (χ0n) is 12.4. The minimum atomic E-state index is -3.75. The summed E-state index contributed by atoms with van der Waals surface area (Å²) in [6.45, 7) is 7.54. The Balaban J connectivity index is 2.48. The standard InChI is InChI=1S/C13H18N4O3S/c1-5-17-10(4)13(9(3)15-17)21(19,20)16-11-7-14-12(18)6-8(11)2/h6-7,16H,5H2,1-4H3,(H,14,18). The summed E-state index contributed by atoms with van der Waals surface area (Å²) in [6.07, 6.45) is 1.35. The molecule has 2 aromatic heterocycles. The fraction of sp³-hybridized carbons (Fsp3) is 0.385. The monoisotopic (exact) mass is 310 g/mol. The van der Waals surface area contributed by atoms with E-state index in [-0.39, 0.29) is 10.5 Å². The fourth-order valence-corrected chi connectivity index (χ4v) is 3.79. The van der Waals surface area contributed by atoms with Crippen LogP contribution in [-0.2, 0) is 16.6 Å². The molecule has 0 aromatic carbocycles. The summed E-state index contributed by atoms with van der Waals surface area (Å²) in [5, 5.41) is 4.21. The molecule has 0 unspecified atom stereocenters. The lowest BCUT2D eigenvalue weighted by Gasteiger charge is -2.10. The van der Waals surface area contributed by atoms with Crippen molar-refractivity contribution < 1.29 is 8.42 Å². The van der Waals surface area contributed by atoms with Crippen LogP contribution in [-0.4, -0.2) is 23.2 Å². The first-order valence-corrected chi connectivity index (χ1v) is 8.00. The van der Waals surface area contributed by atoms with Crippen LogP contribution in [0.5, 0.6) is 0 Å². The molecule has 0 fully saturated rings. The van der Waals surface area contributed by atoms with Crippen LogP contribution in [0.2, 0.25) is 0 Å². The maximum absolute atomic E-state index is 12.6. The van der Waals surface area contributed by atoms with Gasteiger partial charge < -0.3 is 4.98 Å².